The van der Waals surface area contributed by atoms with Crippen LogP contribution in [0.25, 0.3) is 0 Å². The van der Waals surface area contributed by atoms with Crippen LogP contribution in [-0.2, 0) is 16.5 Å². The van der Waals surface area contributed by atoms with Crippen molar-refractivity contribution in [2.75, 3.05) is 12.8 Å². The van der Waals surface area contributed by atoms with Crippen molar-refractivity contribution in [3.63, 3.8) is 0 Å². The molecule has 0 unspecified atom stereocenters. The molecule has 2 aromatic carbocycles. The molecule has 0 heterocycles. The van der Waals surface area contributed by atoms with Gasteiger partial charge in [-0.2, -0.15) is 8.42 Å². The van der Waals surface area contributed by atoms with Gasteiger partial charge in [0.1, 0.15) is 5.75 Å². The van der Waals surface area contributed by atoms with Crippen LogP contribution in [0.5, 0.6) is 5.75 Å². The lowest BCUT2D eigenvalue weighted by molar-refractivity contribution is 0.136. The van der Waals surface area contributed by atoms with Gasteiger partial charge in [0.15, 0.2) is 0 Å². The van der Waals surface area contributed by atoms with E-state index in [2.05, 4.69) is 17.4 Å². The number of hydrogen-bond donors (Lipinski definition) is 2. The van der Waals surface area contributed by atoms with Crippen molar-refractivity contribution in [2.45, 2.75) is 25.5 Å². The lowest BCUT2D eigenvalue weighted by Crippen LogP contribution is -2.33. The van der Waals surface area contributed by atoms with E-state index in [1.54, 1.807) is 12.1 Å². The fraction of sp³-hybridized carbons (Fsp3) is 0.333. The molecule has 0 fully saturated rings. The Balaban J connectivity index is 1.87. The Hall–Kier alpha value is -1.89. The van der Waals surface area contributed by atoms with Crippen molar-refractivity contribution < 1.29 is 17.7 Å². The minimum Gasteiger partial charge on any atom is -0.387 e. The maximum Gasteiger partial charge on any atom is 0.306 e. The van der Waals surface area contributed by atoms with Crippen molar-refractivity contribution in [3.8, 4) is 5.75 Å². The summed E-state index contributed by atoms with van der Waals surface area (Å²) in [6.45, 7) is 2.67. The maximum atomic E-state index is 11.1. The molecule has 0 aliphatic carbocycles. The van der Waals surface area contributed by atoms with Crippen LogP contribution in [0.4, 0.5) is 0 Å². The number of hydrogen-bond acceptors (Lipinski definition) is 5. The summed E-state index contributed by atoms with van der Waals surface area (Å²) in [5.41, 5.74) is 1.95. The highest BCUT2D eigenvalue weighted by molar-refractivity contribution is 7.86. The second-order valence-corrected chi connectivity index (χ2v) is 7.35. The molecule has 0 aromatic heterocycles. The number of benzene rings is 2. The molecule has 0 aliphatic rings. The second kappa shape index (κ2) is 8.28. The third kappa shape index (κ3) is 5.96. The highest BCUT2D eigenvalue weighted by Crippen LogP contribution is 2.21. The molecule has 0 spiro atoms. The highest BCUT2D eigenvalue weighted by Gasteiger charge is 2.16. The molecule has 5 nitrogen and oxygen atoms in total. The summed E-state index contributed by atoms with van der Waals surface area (Å²) in [5, 5.41) is 13.7. The predicted molar refractivity (Wildman–Crippen MR) is 94.5 cm³/mol. The molecule has 24 heavy (non-hydrogen) atoms. The van der Waals surface area contributed by atoms with E-state index in [-0.39, 0.29) is 11.8 Å². The molecule has 0 saturated carbocycles. The predicted octanol–water partition coefficient (Wildman–Crippen LogP) is 2.28. The Labute approximate surface area is 143 Å². The van der Waals surface area contributed by atoms with Gasteiger partial charge in [0, 0.05) is 6.04 Å². The van der Waals surface area contributed by atoms with Crippen molar-refractivity contribution in [3.05, 3.63) is 65.7 Å². The largest absolute Gasteiger partial charge is 0.387 e. The summed E-state index contributed by atoms with van der Waals surface area (Å²) < 4.78 is 26.9. The SMILES string of the molecule is C[C@H](NCCc1ccccc1)[C@H](O)c1ccc(OS(C)(=O)=O)cc1. The average Bonchev–Trinajstić information content (AvgIpc) is 2.54. The topological polar surface area (TPSA) is 75.6 Å². The lowest BCUT2D eigenvalue weighted by atomic mass is 10.0. The van der Waals surface area contributed by atoms with E-state index in [0.29, 0.717) is 5.56 Å². The van der Waals surface area contributed by atoms with Crippen LogP contribution in [0.15, 0.2) is 54.6 Å². The molecule has 2 atom stereocenters. The van der Waals surface area contributed by atoms with Crippen LogP contribution in [-0.4, -0.2) is 32.4 Å². The average molecular weight is 349 g/mol. The molecule has 2 rings (SSSR count). The number of rotatable bonds is 8. The first-order chi connectivity index (χ1) is 11.3. The van der Waals surface area contributed by atoms with E-state index in [1.165, 1.54) is 17.7 Å². The Kier molecular flexibility index (Phi) is 6.36. The molecule has 0 amide bonds. The fourth-order valence-electron chi connectivity index (χ4n) is 2.38. The van der Waals surface area contributed by atoms with Crippen molar-refractivity contribution in [1.82, 2.24) is 5.32 Å². The van der Waals surface area contributed by atoms with Gasteiger partial charge < -0.3 is 14.6 Å². The number of nitrogens with one attached hydrogen (secondary N) is 1. The number of aliphatic hydroxyl groups is 1. The van der Waals surface area contributed by atoms with Gasteiger partial charge in [-0.25, -0.2) is 0 Å². The molecular weight excluding hydrogens is 326 g/mol. The Morgan fingerprint density at radius 2 is 1.71 bits per heavy atom. The van der Waals surface area contributed by atoms with E-state index >= 15 is 0 Å². The van der Waals surface area contributed by atoms with E-state index in [1.807, 2.05) is 25.1 Å². The van der Waals surface area contributed by atoms with Crippen LogP contribution in [0.2, 0.25) is 0 Å². The third-order valence-electron chi connectivity index (χ3n) is 3.67. The molecule has 0 saturated heterocycles. The Bertz CT molecular complexity index is 729. The van der Waals surface area contributed by atoms with E-state index in [4.69, 9.17) is 4.18 Å². The summed E-state index contributed by atoms with van der Waals surface area (Å²) >= 11 is 0. The van der Waals surface area contributed by atoms with Gasteiger partial charge in [-0.3, -0.25) is 0 Å². The van der Waals surface area contributed by atoms with Crippen LogP contribution < -0.4 is 9.50 Å². The van der Waals surface area contributed by atoms with Gasteiger partial charge in [-0.15, -0.1) is 0 Å². The van der Waals surface area contributed by atoms with Crippen LogP contribution >= 0.6 is 0 Å². The van der Waals surface area contributed by atoms with Gasteiger partial charge in [-0.05, 0) is 43.1 Å². The molecule has 130 valence electrons. The molecule has 2 aromatic rings. The summed E-state index contributed by atoms with van der Waals surface area (Å²) in [4.78, 5) is 0. The fourth-order valence-corrected chi connectivity index (χ4v) is 2.85. The summed E-state index contributed by atoms with van der Waals surface area (Å²) in [6.07, 6.45) is 1.20. The molecule has 2 N–H and O–H groups in total. The quantitative estimate of drug-likeness (QED) is 0.715. The van der Waals surface area contributed by atoms with Crippen molar-refractivity contribution >= 4 is 10.1 Å². The van der Waals surface area contributed by atoms with Gasteiger partial charge >= 0.3 is 10.1 Å². The molecule has 6 heteroatoms. The minimum absolute atomic E-state index is 0.129. The summed E-state index contributed by atoms with van der Waals surface area (Å²) in [7, 11) is -3.54. The molecule has 0 bridgehead atoms. The monoisotopic (exact) mass is 349 g/mol. The molecule has 0 radical (unpaired) electrons. The van der Waals surface area contributed by atoms with Gasteiger partial charge in [-0.1, -0.05) is 42.5 Å². The smallest absolute Gasteiger partial charge is 0.306 e. The molecular formula is C18H23NO4S. The van der Waals surface area contributed by atoms with Crippen molar-refractivity contribution in [1.29, 1.82) is 0 Å². The molecule has 0 aliphatic heterocycles. The second-order valence-electron chi connectivity index (χ2n) is 5.78. The minimum atomic E-state index is -3.54. The van der Waals surface area contributed by atoms with Gasteiger partial charge in [0.2, 0.25) is 0 Å². The highest BCUT2D eigenvalue weighted by atomic mass is 32.2. The first-order valence-electron chi connectivity index (χ1n) is 7.80. The van der Waals surface area contributed by atoms with Gasteiger partial charge in [0.05, 0.1) is 12.4 Å². The lowest BCUT2D eigenvalue weighted by Gasteiger charge is -2.21. The van der Waals surface area contributed by atoms with E-state index in [9.17, 15) is 13.5 Å². The number of aliphatic hydroxyl groups excluding tert-OH is 1. The summed E-state index contributed by atoms with van der Waals surface area (Å²) in [6, 6.07) is 16.4. The normalized spacial score (nSPS) is 14.1. The zero-order valence-corrected chi connectivity index (χ0v) is 14.7. The zero-order chi connectivity index (χ0) is 17.6. The zero-order valence-electron chi connectivity index (χ0n) is 13.8. The maximum absolute atomic E-state index is 11.1. The van der Waals surface area contributed by atoms with E-state index in [0.717, 1.165) is 19.2 Å². The van der Waals surface area contributed by atoms with E-state index < -0.39 is 16.2 Å². The summed E-state index contributed by atoms with van der Waals surface area (Å²) in [5.74, 6) is 0.234. The Morgan fingerprint density at radius 3 is 2.29 bits per heavy atom. The first-order valence-corrected chi connectivity index (χ1v) is 9.61. The first kappa shape index (κ1) is 18.4. The standard InChI is InChI=1S/C18H23NO4S/c1-14(19-13-12-15-6-4-3-5-7-15)18(20)16-8-10-17(11-9-16)23-24(2,21)22/h3-11,14,18-20H,12-13H2,1-2H3/t14-,18-/m0/s1. The van der Waals surface area contributed by atoms with Crippen molar-refractivity contribution in [2.24, 2.45) is 0 Å². The van der Waals surface area contributed by atoms with Crippen LogP contribution in [0.3, 0.4) is 0 Å². The van der Waals surface area contributed by atoms with Crippen LogP contribution in [0, 0.1) is 0 Å². The third-order valence-corrected chi connectivity index (χ3v) is 4.16. The van der Waals surface area contributed by atoms with Gasteiger partial charge in [0.25, 0.3) is 0 Å². The Morgan fingerprint density at radius 1 is 1.08 bits per heavy atom. The van der Waals surface area contributed by atoms with Crippen LogP contribution in [0.1, 0.15) is 24.2 Å².